The lowest BCUT2D eigenvalue weighted by atomic mass is 9.87. The zero-order chi connectivity index (χ0) is 23.4. The Labute approximate surface area is 193 Å². The molecule has 0 spiro atoms. The summed E-state index contributed by atoms with van der Waals surface area (Å²) in [6, 6.07) is 19.5. The van der Waals surface area contributed by atoms with Crippen LogP contribution in [0.15, 0.2) is 71.4 Å². The van der Waals surface area contributed by atoms with E-state index in [-0.39, 0.29) is 23.7 Å². The van der Waals surface area contributed by atoms with E-state index in [4.69, 9.17) is 9.15 Å². The second kappa shape index (κ2) is 9.32. The molecule has 0 atom stereocenters. The predicted molar refractivity (Wildman–Crippen MR) is 126 cm³/mol. The van der Waals surface area contributed by atoms with Crippen molar-refractivity contribution in [2.24, 2.45) is 0 Å². The molecule has 4 rings (SSSR count). The Morgan fingerprint density at radius 3 is 2.45 bits per heavy atom. The number of hydrogen-bond donors (Lipinski definition) is 1. The minimum absolute atomic E-state index is 0.0904. The zero-order valence-corrected chi connectivity index (χ0v) is 19.3. The lowest BCUT2D eigenvalue weighted by Crippen LogP contribution is -2.12. The van der Waals surface area contributed by atoms with E-state index >= 15 is 0 Å². The van der Waals surface area contributed by atoms with Gasteiger partial charge in [0.25, 0.3) is 5.91 Å². The minimum Gasteiger partial charge on any atom is -0.486 e. The SMILES string of the molecule is Cc1ccc(Cn2cnc(NC(=O)c3ccc(COc4ccc(C(C)(C)C)cc4)o3)n2)cc1. The van der Waals surface area contributed by atoms with Crippen LogP contribution in [-0.4, -0.2) is 20.7 Å². The summed E-state index contributed by atoms with van der Waals surface area (Å²) in [5.74, 6) is 1.28. The normalized spacial score (nSPS) is 11.4. The summed E-state index contributed by atoms with van der Waals surface area (Å²) in [4.78, 5) is 16.7. The summed E-state index contributed by atoms with van der Waals surface area (Å²) in [5, 5.41) is 6.97. The third-order valence-electron chi connectivity index (χ3n) is 5.21. The number of nitrogens with zero attached hydrogens (tertiary/aromatic N) is 3. The van der Waals surface area contributed by atoms with Crippen LogP contribution < -0.4 is 10.1 Å². The van der Waals surface area contributed by atoms with Crippen molar-refractivity contribution in [1.29, 1.82) is 0 Å². The second-order valence-corrected chi connectivity index (χ2v) is 9.03. The molecule has 7 heteroatoms. The summed E-state index contributed by atoms with van der Waals surface area (Å²) in [6.45, 7) is 9.35. The molecule has 0 aliphatic rings. The van der Waals surface area contributed by atoms with Crippen LogP contribution in [0.25, 0.3) is 0 Å². The van der Waals surface area contributed by atoms with Crippen molar-refractivity contribution in [3.8, 4) is 5.75 Å². The maximum atomic E-state index is 12.5. The van der Waals surface area contributed by atoms with Gasteiger partial charge in [0.1, 0.15) is 24.4 Å². The van der Waals surface area contributed by atoms with Gasteiger partial charge in [-0.1, -0.05) is 62.7 Å². The fourth-order valence-electron chi connectivity index (χ4n) is 3.25. The maximum absolute atomic E-state index is 12.5. The average Bonchev–Trinajstić information content (AvgIpc) is 3.43. The van der Waals surface area contributed by atoms with Crippen LogP contribution in [0.2, 0.25) is 0 Å². The first-order valence-electron chi connectivity index (χ1n) is 10.8. The molecule has 0 unspecified atom stereocenters. The van der Waals surface area contributed by atoms with Crippen molar-refractivity contribution < 1.29 is 13.9 Å². The lowest BCUT2D eigenvalue weighted by Gasteiger charge is -2.19. The molecular weight excluding hydrogens is 416 g/mol. The molecule has 2 aromatic carbocycles. The van der Waals surface area contributed by atoms with Crippen molar-refractivity contribution in [2.45, 2.75) is 46.3 Å². The third-order valence-corrected chi connectivity index (χ3v) is 5.21. The van der Waals surface area contributed by atoms with E-state index in [0.29, 0.717) is 12.3 Å². The average molecular weight is 445 g/mol. The topological polar surface area (TPSA) is 82.2 Å². The number of hydrogen-bond acceptors (Lipinski definition) is 5. The van der Waals surface area contributed by atoms with Gasteiger partial charge in [-0.15, -0.1) is 5.10 Å². The molecule has 2 heterocycles. The molecule has 7 nitrogen and oxygen atoms in total. The van der Waals surface area contributed by atoms with Crippen LogP contribution in [0.5, 0.6) is 5.75 Å². The molecule has 1 amide bonds. The molecule has 4 aromatic rings. The molecule has 0 aliphatic heterocycles. The largest absolute Gasteiger partial charge is 0.486 e. The quantitative estimate of drug-likeness (QED) is 0.415. The predicted octanol–water partition coefficient (Wildman–Crippen LogP) is 5.36. The Morgan fingerprint density at radius 2 is 1.76 bits per heavy atom. The maximum Gasteiger partial charge on any atom is 0.293 e. The monoisotopic (exact) mass is 444 g/mol. The Bertz CT molecular complexity index is 1220. The number of carbonyl (C=O) groups excluding carboxylic acids is 1. The molecule has 0 radical (unpaired) electrons. The van der Waals surface area contributed by atoms with Gasteiger partial charge in [-0.3, -0.25) is 10.1 Å². The number of amides is 1. The molecule has 33 heavy (non-hydrogen) atoms. The number of furan rings is 1. The highest BCUT2D eigenvalue weighted by Gasteiger charge is 2.15. The smallest absolute Gasteiger partial charge is 0.293 e. The van der Waals surface area contributed by atoms with Gasteiger partial charge in [-0.2, -0.15) is 0 Å². The first-order chi connectivity index (χ1) is 15.8. The van der Waals surface area contributed by atoms with Crippen molar-refractivity contribution >= 4 is 11.9 Å². The van der Waals surface area contributed by atoms with E-state index in [1.807, 2.05) is 43.3 Å². The summed E-state index contributed by atoms with van der Waals surface area (Å²) in [6.07, 6.45) is 1.59. The highest BCUT2D eigenvalue weighted by molar-refractivity contribution is 6.01. The Morgan fingerprint density at radius 1 is 1.03 bits per heavy atom. The molecule has 0 saturated carbocycles. The Kier molecular flexibility index (Phi) is 6.31. The van der Waals surface area contributed by atoms with Gasteiger partial charge in [-0.25, -0.2) is 9.67 Å². The summed E-state index contributed by atoms with van der Waals surface area (Å²) >= 11 is 0. The van der Waals surface area contributed by atoms with E-state index < -0.39 is 5.91 Å². The number of anilines is 1. The zero-order valence-electron chi connectivity index (χ0n) is 19.3. The van der Waals surface area contributed by atoms with Crippen LogP contribution in [-0.2, 0) is 18.6 Å². The number of nitrogens with one attached hydrogen (secondary N) is 1. The lowest BCUT2D eigenvalue weighted by molar-refractivity contribution is 0.0991. The van der Waals surface area contributed by atoms with Gasteiger partial charge in [0.15, 0.2) is 5.76 Å². The number of aryl methyl sites for hydroxylation is 1. The van der Waals surface area contributed by atoms with Gasteiger partial charge < -0.3 is 9.15 Å². The molecule has 0 fully saturated rings. The minimum atomic E-state index is -0.413. The molecule has 0 saturated heterocycles. The number of benzene rings is 2. The Balaban J connectivity index is 1.31. The number of ether oxygens (including phenoxy) is 1. The summed E-state index contributed by atoms with van der Waals surface area (Å²) < 4.78 is 13.1. The van der Waals surface area contributed by atoms with Gasteiger partial charge >= 0.3 is 0 Å². The third kappa shape index (κ3) is 5.88. The van der Waals surface area contributed by atoms with Gasteiger partial charge in [0.05, 0.1) is 6.54 Å². The van der Waals surface area contributed by atoms with E-state index in [1.165, 1.54) is 11.1 Å². The molecule has 0 bridgehead atoms. The van der Waals surface area contributed by atoms with E-state index in [2.05, 4.69) is 48.3 Å². The van der Waals surface area contributed by atoms with Crippen LogP contribution in [0.3, 0.4) is 0 Å². The van der Waals surface area contributed by atoms with Gasteiger partial charge in [-0.05, 0) is 47.7 Å². The van der Waals surface area contributed by atoms with E-state index in [9.17, 15) is 4.79 Å². The van der Waals surface area contributed by atoms with Gasteiger partial charge in [0, 0.05) is 0 Å². The molecule has 0 aliphatic carbocycles. The molecular formula is C26H28N4O3. The second-order valence-electron chi connectivity index (χ2n) is 9.03. The number of aromatic nitrogens is 3. The fourth-order valence-corrected chi connectivity index (χ4v) is 3.25. The first kappa shape index (κ1) is 22.3. The molecule has 170 valence electrons. The first-order valence-corrected chi connectivity index (χ1v) is 10.8. The van der Waals surface area contributed by atoms with Crippen molar-refractivity contribution in [2.75, 3.05) is 5.32 Å². The Hall–Kier alpha value is -3.87. The van der Waals surface area contributed by atoms with Crippen molar-refractivity contribution in [1.82, 2.24) is 14.8 Å². The standard InChI is InChI=1S/C26H28N4O3/c1-18-5-7-19(8-6-18)15-30-17-27-25(29-30)28-24(31)23-14-13-22(33-23)16-32-21-11-9-20(10-12-21)26(2,3)4/h5-14,17H,15-16H2,1-4H3,(H,28,29,31). The van der Waals surface area contributed by atoms with Crippen LogP contribution >= 0.6 is 0 Å². The molecule has 1 N–H and O–H groups in total. The van der Waals surface area contributed by atoms with Gasteiger partial charge in [0.2, 0.25) is 5.95 Å². The van der Waals surface area contributed by atoms with Crippen LogP contribution in [0.4, 0.5) is 5.95 Å². The highest BCUT2D eigenvalue weighted by Crippen LogP contribution is 2.24. The van der Waals surface area contributed by atoms with E-state index in [0.717, 1.165) is 11.3 Å². The van der Waals surface area contributed by atoms with E-state index in [1.54, 1.807) is 23.1 Å². The summed E-state index contributed by atoms with van der Waals surface area (Å²) in [5.41, 5.74) is 3.63. The van der Waals surface area contributed by atoms with Crippen LogP contribution in [0, 0.1) is 6.92 Å². The number of carbonyl (C=O) groups is 1. The van der Waals surface area contributed by atoms with Crippen molar-refractivity contribution in [3.63, 3.8) is 0 Å². The highest BCUT2D eigenvalue weighted by atomic mass is 16.5. The number of rotatable bonds is 7. The van der Waals surface area contributed by atoms with Crippen molar-refractivity contribution in [3.05, 3.63) is 95.2 Å². The van der Waals surface area contributed by atoms with Crippen LogP contribution in [0.1, 0.15) is 53.8 Å². The fraction of sp³-hybridized carbons (Fsp3) is 0.269. The molecule has 2 aromatic heterocycles. The summed E-state index contributed by atoms with van der Waals surface area (Å²) in [7, 11) is 0.